The van der Waals surface area contributed by atoms with Gasteiger partial charge in [-0.2, -0.15) is 8.78 Å². The van der Waals surface area contributed by atoms with E-state index in [9.17, 15) is 13.6 Å². The van der Waals surface area contributed by atoms with E-state index in [1.807, 2.05) is 13.8 Å². The second-order valence-corrected chi connectivity index (χ2v) is 5.61. The van der Waals surface area contributed by atoms with Crippen LogP contribution >= 0.6 is 11.8 Å². The van der Waals surface area contributed by atoms with Gasteiger partial charge >= 0.3 is 0 Å². The number of nitrogens with zero attached hydrogens (tertiary/aromatic N) is 1. The van der Waals surface area contributed by atoms with Crippen LogP contribution in [0.15, 0.2) is 40.3 Å². The number of rotatable bonds is 4. The first-order valence-corrected chi connectivity index (χ1v) is 7.00. The highest BCUT2D eigenvalue weighted by Crippen LogP contribution is 2.29. The van der Waals surface area contributed by atoms with Crippen LogP contribution in [-0.2, 0) is 0 Å². The van der Waals surface area contributed by atoms with Crippen molar-refractivity contribution in [1.29, 1.82) is 0 Å². The molecule has 0 saturated heterocycles. The Morgan fingerprint density at radius 1 is 1.20 bits per heavy atom. The number of halogens is 2. The molecular formula is C14H14F2N2OS. The van der Waals surface area contributed by atoms with Crippen molar-refractivity contribution >= 4 is 11.8 Å². The van der Waals surface area contributed by atoms with Crippen molar-refractivity contribution in [1.82, 2.24) is 9.97 Å². The average molecular weight is 296 g/mol. The third kappa shape index (κ3) is 3.25. The molecule has 0 aliphatic rings. The molecular weight excluding hydrogens is 282 g/mol. The number of nitrogens with one attached hydrogen (secondary N) is 1. The molecule has 6 heteroatoms. The van der Waals surface area contributed by atoms with Gasteiger partial charge < -0.3 is 4.98 Å². The lowest BCUT2D eigenvalue weighted by Crippen LogP contribution is -2.16. The van der Waals surface area contributed by atoms with E-state index >= 15 is 0 Å². The molecule has 0 bridgehead atoms. The van der Waals surface area contributed by atoms with Gasteiger partial charge in [0, 0.05) is 16.0 Å². The van der Waals surface area contributed by atoms with Gasteiger partial charge in [0.05, 0.1) is 12.0 Å². The third-order valence-electron chi connectivity index (χ3n) is 2.82. The van der Waals surface area contributed by atoms with Gasteiger partial charge in [0.2, 0.25) is 0 Å². The van der Waals surface area contributed by atoms with Crippen LogP contribution in [0.5, 0.6) is 0 Å². The van der Waals surface area contributed by atoms with Crippen LogP contribution in [0, 0.1) is 0 Å². The van der Waals surface area contributed by atoms with Crippen molar-refractivity contribution in [3.63, 3.8) is 0 Å². The molecule has 0 saturated carbocycles. The summed E-state index contributed by atoms with van der Waals surface area (Å²) < 4.78 is 24.5. The molecule has 2 rings (SSSR count). The van der Waals surface area contributed by atoms with E-state index < -0.39 is 5.76 Å². The number of hydrogen-bond acceptors (Lipinski definition) is 3. The van der Waals surface area contributed by atoms with E-state index in [-0.39, 0.29) is 11.5 Å². The monoisotopic (exact) mass is 296 g/mol. The minimum atomic E-state index is -2.44. The van der Waals surface area contributed by atoms with Gasteiger partial charge in [0.25, 0.3) is 11.3 Å². The summed E-state index contributed by atoms with van der Waals surface area (Å²) in [4.78, 5) is 19.1. The first-order valence-electron chi connectivity index (χ1n) is 6.12. The molecule has 0 atom stereocenters. The van der Waals surface area contributed by atoms with Crippen molar-refractivity contribution in [3.8, 4) is 11.3 Å². The summed E-state index contributed by atoms with van der Waals surface area (Å²) in [6, 6.07) is 6.63. The molecule has 1 N–H and O–H groups in total. The van der Waals surface area contributed by atoms with Gasteiger partial charge in [-0.25, -0.2) is 4.98 Å². The van der Waals surface area contributed by atoms with Gasteiger partial charge in [0.1, 0.15) is 0 Å². The first-order chi connectivity index (χ1) is 9.49. The summed E-state index contributed by atoms with van der Waals surface area (Å²) in [7, 11) is 0. The molecule has 0 unspecified atom stereocenters. The predicted molar refractivity (Wildman–Crippen MR) is 76.2 cm³/mol. The maximum Gasteiger partial charge on any atom is 0.288 e. The maximum atomic E-state index is 12.3. The molecule has 20 heavy (non-hydrogen) atoms. The van der Waals surface area contributed by atoms with E-state index in [4.69, 9.17) is 0 Å². The van der Waals surface area contributed by atoms with Crippen molar-refractivity contribution < 1.29 is 8.78 Å². The zero-order valence-electron chi connectivity index (χ0n) is 11.1. The molecule has 0 radical (unpaired) electrons. The first kappa shape index (κ1) is 14.7. The van der Waals surface area contributed by atoms with Crippen LogP contribution in [-0.4, -0.2) is 15.7 Å². The van der Waals surface area contributed by atoms with Crippen molar-refractivity contribution in [2.24, 2.45) is 0 Å². The van der Waals surface area contributed by atoms with Crippen molar-refractivity contribution in [3.05, 3.63) is 46.5 Å². The maximum absolute atomic E-state index is 12.3. The molecule has 0 aliphatic heterocycles. The second kappa shape index (κ2) is 6.17. The minimum absolute atomic E-state index is 0.0255. The number of H-pyrrole nitrogens is 1. The molecule has 0 spiro atoms. The molecule has 2 aromatic rings. The number of hydrogen-bond donors (Lipinski definition) is 1. The zero-order chi connectivity index (χ0) is 14.7. The van der Waals surface area contributed by atoms with Gasteiger partial charge in [-0.1, -0.05) is 37.7 Å². The van der Waals surface area contributed by atoms with Crippen LogP contribution < -0.4 is 5.56 Å². The summed E-state index contributed by atoms with van der Waals surface area (Å²) in [6.07, 6.45) is 1.35. The standard InChI is InChI=1S/C14H14F2N2OS/c1-8(2)11-12(17-7-18-13(11)19)9-3-5-10(6-4-9)20-14(15)16/h3-8,14H,1-2H3,(H,17,18,19). The molecule has 0 amide bonds. The van der Waals surface area contributed by atoms with Gasteiger partial charge in [-0.3, -0.25) is 4.79 Å². The molecule has 1 aromatic heterocycles. The van der Waals surface area contributed by atoms with Gasteiger partial charge in [-0.05, 0) is 18.1 Å². The van der Waals surface area contributed by atoms with E-state index in [0.29, 0.717) is 27.9 Å². The summed E-state index contributed by atoms with van der Waals surface area (Å²) in [5.74, 6) is -2.41. The third-order valence-corrected chi connectivity index (χ3v) is 3.54. The Kier molecular flexibility index (Phi) is 4.54. The molecule has 3 nitrogen and oxygen atoms in total. The Morgan fingerprint density at radius 2 is 1.85 bits per heavy atom. The van der Waals surface area contributed by atoms with Crippen LogP contribution in [0.1, 0.15) is 25.3 Å². The Morgan fingerprint density at radius 3 is 2.40 bits per heavy atom. The minimum Gasteiger partial charge on any atom is -0.313 e. The largest absolute Gasteiger partial charge is 0.313 e. The van der Waals surface area contributed by atoms with Crippen LogP contribution in [0.25, 0.3) is 11.3 Å². The quantitative estimate of drug-likeness (QED) is 0.871. The smallest absolute Gasteiger partial charge is 0.288 e. The predicted octanol–water partition coefficient (Wildman–Crippen LogP) is 3.88. The van der Waals surface area contributed by atoms with Gasteiger partial charge in [-0.15, -0.1) is 0 Å². The lowest BCUT2D eigenvalue weighted by Gasteiger charge is -2.10. The zero-order valence-corrected chi connectivity index (χ0v) is 11.9. The Bertz CT molecular complexity index is 638. The number of aromatic amines is 1. The fraction of sp³-hybridized carbons (Fsp3) is 0.286. The molecule has 0 aliphatic carbocycles. The molecule has 0 fully saturated rings. The molecule has 1 heterocycles. The summed E-state index contributed by atoms with van der Waals surface area (Å²) in [5, 5.41) is 0. The van der Waals surface area contributed by atoms with Gasteiger partial charge in [0.15, 0.2) is 0 Å². The average Bonchev–Trinajstić information content (AvgIpc) is 2.38. The topological polar surface area (TPSA) is 45.8 Å². The number of alkyl halides is 2. The highest BCUT2D eigenvalue weighted by Gasteiger charge is 2.14. The number of thioether (sulfide) groups is 1. The van der Waals surface area contributed by atoms with Crippen LogP contribution in [0.3, 0.4) is 0 Å². The Hall–Kier alpha value is -1.69. The lowest BCUT2D eigenvalue weighted by molar-refractivity contribution is 0.252. The number of aromatic nitrogens is 2. The highest BCUT2D eigenvalue weighted by atomic mass is 32.2. The summed E-state index contributed by atoms with van der Waals surface area (Å²) in [6.45, 7) is 3.83. The van der Waals surface area contributed by atoms with E-state index in [0.717, 1.165) is 5.56 Å². The Balaban J connectivity index is 2.42. The number of benzene rings is 1. The highest BCUT2D eigenvalue weighted by molar-refractivity contribution is 7.99. The van der Waals surface area contributed by atoms with Crippen LogP contribution in [0.4, 0.5) is 8.78 Å². The summed E-state index contributed by atoms with van der Waals surface area (Å²) >= 11 is 0.494. The van der Waals surface area contributed by atoms with Crippen LogP contribution in [0.2, 0.25) is 0 Å². The fourth-order valence-corrected chi connectivity index (χ4v) is 2.47. The lowest BCUT2D eigenvalue weighted by atomic mass is 9.98. The van der Waals surface area contributed by atoms with E-state index in [1.54, 1.807) is 24.3 Å². The Labute approximate surface area is 119 Å². The summed E-state index contributed by atoms with van der Waals surface area (Å²) in [5.41, 5.74) is 1.77. The molecule has 106 valence electrons. The fourth-order valence-electron chi connectivity index (χ4n) is 1.97. The van der Waals surface area contributed by atoms with E-state index in [2.05, 4.69) is 9.97 Å². The SMILES string of the molecule is CC(C)c1c(-c2ccc(SC(F)F)cc2)nc[nH]c1=O. The second-order valence-electron chi connectivity index (χ2n) is 4.55. The van der Waals surface area contributed by atoms with Crippen molar-refractivity contribution in [2.75, 3.05) is 0 Å². The van der Waals surface area contributed by atoms with Crippen molar-refractivity contribution in [2.45, 2.75) is 30.4 Å². The van der Waals surface area contributed by atoms with E-state index in [1.165, 1.54) is 6.33 Å². The molecule has 1 aromatic carbocycles. The normalized spacial score (nSPS) is 11.3.